The van der Waals surface area contributed by atoms with Crippen molar-refractivity contribution in [2.24, 2.45) is 0 Å². The van der Waals surface area contributed by atoms with Gasteiger partial charge in [-0.3, -0.25) is 4.79 Å². The summed E-state index contributed by atoms with van der Waals surface area (Å²) in [6.45, 7) is 0.369. The third-order valence-corrected chi connectivity index (χ3v) is 4.12. The minimum atomic E-state index is -0.266. The highest BCUT2D eigenvalue weighted by Gasteiger charge is 2.14. The van der Waals surface area contributed by atoms with Crippen LogP contribution in [0.5, 0.6) is 0 Å². The number of rotatable bonds is 6. The third-order valence-electron chi connectivity index (χ3n) is 2.94. The molecule has 1 aromatic heterocycles. The predicted octanol–water partition coefficient (Wildman–Crippen LogP) is 3.92. The molecule has 0 fully saturated rings. The maximum absolute atomic E-state index is 11.8. The molecule has 3 nitrogen and oxygen atoms in total. The molecule has 1 N–H and O–H groups in total. The van der Waals surface area contributed by atoms with E-state index in [2.05, 4.69) is 5.32 Å². The molecule has 1 unspecified atom stereocenters. The van der Waals surface area contributed by atoms with Crippen LogP contribution in [0.3, 0.4) is 0 Å². The number of amides is 1. The maximum atomic E-state index is 11.8. The van der Waals surface area contributed by atoms with Crippen LogP contribution < -0.4 is 5.32 Å². The zero-order valence-corrected chi connectivity index (χ0v) is 13.2. The summed E-state index contributed by atoms with van der Waals surface area (Å²) in [6, 6.07) is 11.4. The van der Waals surface area contributed by atoms with E-state index in [1.165, 1.54) is 6.08 Å². The molecule has 2 aromatic rings. The Kier molecular flexibility index (Phi) is 5.99. The summed E-state index contributed by atoms with van der Waals surface area (Å²) in [4.78, 5) is 12.8. The largest absolute Gasteiger partial charge is 0.375 e. The van der Waals surface area contributed by atoms with E-state index >= 15 is 0 Å². The lowest BCUT2D eigenvalue weighted by molar-refractivity contribution is -0.117. The number of thiophene rings is 1. The number of methoxy groups -OCH3 is 1. The molecule has 1 atom stereocenters. The zero-order valence-electron chi connectivity index (χ0n) is 11.6. The van der Waals surface area contributed by atoms with Gasteiger partial charge < -0.3 is 10.1 Å². The first-order chi connectivity index (χ1) is 10.2. The summed E-state index contributed by atoms with van der Waals surface area (Å²) >= 11 is 7.72. The van der Waals surface area contributed by atoms with Crippen LogP contribution in [0.1, 0.15) is 16.5 Å². The molecule has 0 aliphatic rings. The molecule has 1 heterocycles. The predicted molar refractivity (Wildman–Crippen MR) is 87.6 cm³/mol. The van der Waals surface area contributed by atoms with Gasteiger partial charge in [-0.1, -0.05) is 35.9 Å². The van der Waals surface area contributed by atoms with Crippen LogP contribution in [0.4, 0.5) is 0 Å². The zero-order chi connectivity index (χ0) is 15.1. The van der Waals surface area contributed by atoms with Crippen molar-refractivity contribution < 1.29 is 9.53 Å². The topological polar surface area (TPSA) is 38.3 Å². The molecule has 0 saturated carbocycles. The van der Waals surface area contributed by atoms with E-state index < -0.39 is 0 Å². The first-order valence-corrected chi connectivity index (χ1v) is 7.73. The molecule has 1 amide bonds. The van der Waals surface area contributed by atoms with Crippen molar-refractivity contribution in [1.82, 2.24) is 5.32 Å². The van der Waals surface area contributed by atoms with E-state index in [0.29, 0.717) is 11.6 Å². The summed E-state index contributed by atoms with van der Waals surface area (Å²) in [7, 11) is 1.60. The Morgan fingerprint density at radius 3 is 2.86 bits per heavy atom. The third kappa shape index (κ3) is 4.70. The van der Waals surface area contributed by atoms with Gasteiger partial charge in [0.2, 0.25) is 5.91 Å². The monoisotopic (exact) mass is 321 g/mol. The van der Waals surface area contributed by atoms with Crippen molar-refractivity contribution in [3.63, 3.8) is 0 Å². The van der Waals surface area contributed by atoms with E-state index in [0.717, 1.165) is 10.4 Å². The fourth-order valence-electron chi connectivity index (χ4n) is 1.85. The number of benzene rings is 1. The number of nitrogens with one attached hydrogen (secondary N) is 1. The van der Waals surface area contributed by atoms with Gasteiger partial charge in [0.25, 0.3) is 0 Å². The van der Waals surface area contributed by atoms with Gasteiger partial charge in [-0.15, -0.1) is 11.3 Å². The maximum Gasteiger partial charge on any atom is 0.244 e. The molecule has 0 bridgehead atoms. The number of carbonyl (C=O) groups excluding carboxylic acids is 1. The summed E-state index contributed by atoms with van der Waals surface area (Å²) < 4.78 is 5.40. The lowest BCUT2D eigenvalue weighted by Crippen LogP contribution is -2.27. The van der Waals surface area contributed by atoms with Gasteiger partial charge in [0.05, 0.1) is 0 Å². The lowest BCUT2D eigenvalue weighted by Gasteiger charge is -2.17. The van der Waals surface area contributed by atoms with Gasteiger partial charge in [-0.05, 0) is 23.6 Å². The Bertz CT molecular complexity index is 610. The molecule has 0 aliphatic carbocycles. The number of ether oxygens (including phenoxy) is 1. The van der Waals surface area contributed by atoms with Crippen LogP contribution in [0.15, 0.2) is 47.9 Å². The molecule has 0 aliphatic heterocycles. The van der Waals surface area contributed by atoms with Crippen molar-refractivity contribution in [2.75, 3.05) is 13.7 Å². The molecule has 0 radical (unpaired) electrons. The van der Waals surface area contributed by atoms with Gasteiger partial charge in [0.1, 0.15) is 6.10 Å². The molecule has 1 aromatic carbocycles. The molecule has 0 spiro atoms. The van der Waals surface area contributed by atoms with Crippen LogP contribution in [0.25, 0.3) is 6.08 Å². The highest BCUT2D eigenvalue weighted by Crippen LogP contribution is 2.24. The van der Waals surface area contributed by atoms with Crippen molar-refractivity contribution in [2.45, 2.75) is 6.10 Å². The molecule has 5 heteroatoms. The number of hydrogen-bond acceptors (Lipinski definition) is 3. The summed E-state index contributed by atoms with van der Waals surface area (Å²) in [5, 5.41) is 5.42. The smallest absolute Gasteiger partial charge is 0.244 e. The van der Waals surface area contributed by atoms with Crippen molar-refractivity contribution in [1.29, 1.82) is 0 Å². The van der Waals surface area contributed by atoms with E-state index in [-0.39, 0.29) is 12.0 Å². The van der Waals surface area contributed by atoms with Gasteiger partial charge in [0.15, 0.2) is 0 Å². The van der Waals surface area contributed by atoms with E-state index in [9.17, 15) is 4.79 Å². The SMILES string of the molecule is COC(CNC(=O)/C=C/c1cccs1)c1ccccc1Cl. The molecule has 110 valence electrons. The number of carbonyl (C=O) groups is 1. The standard InChI is InChI=1S/C16H16ClNO2S/c1-20-15(13-6-2-3-7-14(13)17)11-18-16(19)9-8-12-5-4-10-21-12/h2-10,15H,11H2,1H3,(H,18,19)/b9-8+. The summed E-state index contributed by atoms with van der Waals surface area (Å²) in [5.74, 6) is -0.155. The first-order valence-electron chi connectivity index (χ1n) is 6.47. The Hall–Kier alpha value is -1.62. The Balaban J connectivity index is 1.91. The second-order valence-corrected chi connectivity index (χ2v) is 5.73. The Morgan fingerprint density at radius 2 is 2.19 bits per heavy atom. The molecular weight excluding hydrogens is 306 g/mol. The first kappa shape index (κ1) is 15.8. The van der Waals surface area contributed by atoms with E-state index in [1.807, 2.05) is 35.7 Å². The second-order valence-electron chi connectivity index (χ2n) is 4.34. The average Bonchev–Trinajstić information content (AvgIpc) is 3.01. The molecule has 0 saturated heterocycles. The lowest BCUT2D eigenvalue weighted by atomic mass is 10.1. The average molecular weight is 322 g/mol. The highest BCUT2D eigenvalue weighted by atomic mass is 35.5. The van der Waals surface area contributed by atoms with E-state index in [4.69, 9.17) is 16.3 Å². The number of halogens is 1. The van der Waals surface area contributed by atoms with Gasteiger partial charge >= 0.3 is 0 Å². The highest BCUT2D eigenvalue weighted by molar-refractivity contribution is 7.10. The fourth-order valence-corrected chi connectivity index (χ4v) is 2.73. The van der Waals surface area contributed by atoms with Crippen molar-refractivity contribution >= 4 is 34.9 Å². The minimum Gasteiger partial charge on any atom is -0.375 e. The normalized spacial score (nSPS) is 12.5. The molecule has 2 rings (SSSR count). The second kappa shape index (κ2) is 7.98. The van der Waals surface area contributed by atoms with Gasteiger partial charge in [0, 0.05) is 35.2 Å². The van der Waals surface area contributed by atoms with Crippen LogP contribution in [-0.4, -0.2) is 19.6 Å². The van der Waals surface area contributed by atoms with Crippen LogP contribution >= 0.6 is 22.9 Å². The number of hydrogen-bond donors (Lipinski definition) is 1. The van der Waals surface area contributed by atoms with E-state index in [1.54, 1.807) is 30.6 Å². The summed E-state index contributed by atoms with van der Waals surface area (Å²) in [5.41, 5.74) is 0.865. The van der Waals surface area contributed by atoms with Gasteiger partial charge in [-0.2, -0.15) is 0 Å². The quantitative estimate of drug-likeness (QED) is 0.819. The Labute approximate surface area is 133 Å². The van der Waals surface area contributed by atoms with Crippen molar-refractivity contribution in [3.8, 4) is 0 Å². The van der Waals surface area contributed by atoms with Crippen molar-refractivity contribution in [3.05, 3.63) is 63.3 Å². The van der Waals surface area contributed by atoms with Crippen LogP contribution in [0.2, 0.25) is 5.02 Å². The van der Waals surface area contributed by atoms with Crippen LogP contribution in [-0.2, 0) is 9.53 Å². The van der Waals surface area contributed by atoms with Gasteiger partial charge in [-0.25, -0.2) is 0 Å². The fraction of sp³-hybridized carbons (Fsp3) is 0.188. The molecular formula is C16H16ClNO2S. The van der Waals surface area contributed by atoms with Crippen LogP contribution in [0, 0.1) is 0 Å². The summed E-state index contributed by atoms with van der Waals surface area (Å²) in [6.07, 6.45) is 3.04. The Morgan fingerprint density at radius 1 is 1.38 bits per heavy atom. The minimum absolute atomic E-state index is 0.155. The molecule has 21 heavy (non-hydrogen) atoms.